The molecule has 84 valence electrons. The van der Waals surface area contributed by atoms with Crippen LogP contribution in [-0.4, -0.2) is 24.5 Å². The number of likely N-dealkylation sites (tertiary alicyclic amines) is 1. The highest BCUT2D eigenvalue weighted by Gasteiger charge is 2.17. The van der Waals surface area contributed by atoms with Gasteiger partial charge in [0, 0.05) is 6.54 Å². The number of nitrogens with zero attached hydrogens (tertiary/aromatic N) is 2. The average Bonchev–Trinajstić information content (AvgIpc) is 2.38. The van der Waals surface area contributed by atoms with Gasteiger partial charge in [-0.1, -0.05) is 36.8 Å². The van der Waals surface area contributed by atoms with E-state index in [1.165, 1.54) is 19.3 Å². The third-order valence-corrected chi connectivity index (χ3v) is 3.25. The van der Waals surface area contributed by atoms with Crippen molar-refractivity contribution in [1.82, 2.24) is 4.90 Å². The van der Waals surface area contributed by atoms with Gasteiger partial charge < -0.3 is 4.90 Å². The van der Waals surface area contributed by atoms with Crippen molar-refractivity contribution >= 4 is 0 Å². The molecule has 1 aromatic carbocycles. The Balaban J connectivity index is 1.98. The van der Waals surface area contributed by atoms with Gasteiger partial charge in [-0.25, -0.2) is 0 Å². The summed E-state index contributed by atoms with van der Waals surface area (Å²) >= 11 is 0. The summed E-state index contributed by atoms with van der Waals surface area (Å²) in [5, 5.41) is 9.23. The molecule has 1 aliphatic rings. The summed E-state index contributed by atoms with van der Waals surface area (Å²) in [5.41, 5.74) is 1.15. The van der Waals surface area contributed by atoms with Gasteiger partial charge in [0.05, 0.1) is 12.0 Å². The van der Waals surface area contributed by atoms with Gasteiger partial charge in [0.1, 0.15) is 0 Å². The molecule has 0 aromatic heterocycles. The van der Waals surface area contributed by atoms with Crippen molar-refractivity contribution in [3.63, 3.8) is 0 Å². The number of benzene rings is 1. The molecule has 0 N–H and O–H groups in total. The molecule has 1 aliphatic heterocycles. The van der Waals surface area contributed by atoms with Crippen LogP contribution in [0.15, 0.2) is 30.3 Å². The standard InChI is InChI=1S/C14H18N2/c15-11-14(13-7-3-1-4-8-13)12-16-9-5-2-6-10-16/h1,3-4,7-8,14H,2,5-6,9-10,12H2. The molecular weight excluding hydrogens is 196 g/mol. The molecule has 1 unspecified atom stereocenters. The van der Waals surface area contributed by atoms with Crippen molar-refractivity contribution in [3.05, 3.63) is 35.9 Å². The van der Waals surface area contributed by atoms with E-state index in [4.69, 9.17) is 0 Å². The fourth-order valence-electron chi connectivity index (χ4n) is 2.31. The lowest BCUT2D eigenvalue weighted by molar-refractivity contribution is 0.225. The summed E-state index contributed by atoms with van der Waals surface area (Å²) in [6, 6.07) is 12.5. The lowest BCUT2D eigenvalue weighted by Crippen LogP contribution is -2.33. The summed E-state index contributed by atoms with van der Waals surface area (Å²) in [4.78, 5) is 2.42. The van der Waals surface area contributed by atoms with Crippen molar-refractivity contribution in [1.29, 1.82) is 5.26 Å². The van der Waals surface area contributed by atoms with Gasteiger partial charge in [-0.2, -0.15) is 5.26 Å². The molecule has 0 saturated carbocycles. The van der Waals surface area contributed by atoms with Gasteiger partial charge in [-0.15, -0.1) is 0 Å². The van der Waals surface area contributed by atoms with Crippen LogP contribution in [0.4, 0.5) is 0 Å². The monoisotopic (exact) mass is 214 g/mol. The van der Waals surface area contributed by atoms with Gasteiger partial charge in [0.2, 0.25) is 0 Å². The molecule has 2 nitrogen and oxygen atoms in total. The Hall–Kier alpha value is -1.33. The number of piperidine rings is 1. The maximum atomic E-state index is 9.23. The number of hydrogen-bond acceptors (Lipinski definition) is 2. The molecule has 1 heterocycles. The topological polar surface area (TPSA) is 27.0 Å². The molecule has 16 heavy (non-hydrogen) atoms. The summed E-state index contributed by atoms with van der Waals surface area (Å²) in [5.74, 6) is 0.0271. The zero-order chi connectivity index (χ0) is 11.2. The molecule has 0 spiro atoms. The molecule has 2 heteroatoms. The van der Waals surface area contributed by atoms with Crippen molar-refractivity contribution in [2.75, 3.05) is 19.6 Å². The van der Waals surface area contributed by atoms with Crippen LogP contribution in [0.5, 0.6) is 0 Å². The van der Waals surface area contributed by atoms with Gasteiger partial charge >= 0.3 is 0 Å². The summed E-state index contributed by atoms with van der Waals surface area (Å²) in [6.45, 7) is 3.20. The van der Waals surface area contributed by atoms with Crippen molar-refractivity contribution in [2.45, 2.75) is 25.2 Å². The van der Waals surface area contributed by atoms with Crippen LogP contribution in [0.1, 0.15) is 30.7 Å². The first-order valence-electron chi connectivity index (χ1n) is 6.07. The molecule has 0 aliphatic carbocycles. The van der Waals surface area contributed by atoms with Gasteiger partial charge in [-0.05, 0) is 31.5 Å². The predicted octanol–water partition coefficient (Wildman–Crippen LogP) is 2.78. The Morgan fingerprint density at radius 2 is 1.81 bits per heavy atom. The molecule has 1 atom stereocenters. The first kappa shape index (κ1) is 11.2. The molecule has 0 amide bonds. The van der Waals surface area contributed by atoms with Crippen LogP contribution in [0.25, 0.3) is 0 Å². The highest BCUT2D eigenvalue weighted by atomic mass is 15.1. The van der Waals surface area contributed by atoms with Gasteiger partial charge in [0.25, 0.3) is 0 Å². The quantitative estimate of drug-likeness (QED) is 0.773. The van der Waals surface area contributed by atoms with E-state index in [1.807, 2.05) is 18.2 Å². The third-order valence-electron chi connectivity index (χ3n) is 3.25. The number of nitriles is 1. The highest BCUT2D eigenvalue weighted by Crippen LogP contribution is 2.18. The first-order chi connectivity index (χ1) is 7.90. The van der Waals surface area contributed by atoms with E-state index in [9.17, 15) is 5.26 Å². The van der Waals surface area contributed by atoms with E-state index in [0.717, 1.165) is 25.2 Å². The lowest BCUT2D eigenvalue weighted by atomic mass is 9.99. The van der Waals surface area contributed by atoms with E-state index >= 15 is 0 Å². The van der Waals surface area contributed by atoms with E-state index in [-0.39, 0.29) is 5.92 Å². The zero-order valence-corrected chi connectivity index (χ0v) is 9.60. The Labute approximate surface area is 97.5 Å². The van der Waals surface area contributed by atoms with Crippen LogP contribution in [0.2, 0.25) is 0 Å². The Morgan fingerprint density at radius 1 is 1.12 bits per heavy atom. The minimum atomic E-state index is 0.0271. The highest BCUT2D eigenvalue weighted by molar-refractivity contribution is 5.25. The second-order valence-electron chi connectivity index (χ2n) is 4.45. The molecule has 1 fully saturated rings. The van der Waals surface area contributed by atoms with E-state index in [2.05, 4.69) is 23.1 Å². The van der Waals surface area contributed by atoms with Crippen molar-refractivity contribution < 1.29 is 0 Å². The molecule has 0 bridgehead atoms. The summed E-state index contributed by atoms with van der Waals surface area (Å²) in [7, 11) is 0. The van der Waals surface area contributed by atoms with Crippen molar-refractivity contribution in [2.24, 2.45) is 0 Å². The zero-order valence-electron chi connectivity index (χ0n) is 9.60. The van der Waals surface area contributed by atoms with Gasteiger partial charge in [0.15, 0.2) is 0 Å². The molecule has 1 aromatic rings. The molecule has 2 rings (SSSR count). The molecule has 1 saturated heterocycles. The van der Waals surface area contributed by atoms with Gasteiger partial charge in [-0.3, -0.25) is 0 Å². The van der Waals surface area contributed by atoms with Crippen LogP contribution >= 0.6 is 0 Å². The fraction of sp³-hybridized carbons (Fsp3) is 0.500. The second-order valence-corrected chi connectivity index (χ2v) is 4.45. The average molecular weight is 214 g/mol. The fourth-order valence-corrected chi connectivity index (χ4v) is 2.31. The largest absolute Gasteiger partial charge is 0.302 e. The first-order valence-corrected chi connectivity index (χ1v) is 6.07. The normalized spacial score (nSPS) is 18.9. The summed E-state index contributed by atoms with van der Waals surface area (Å²) in [6.07, 6.45) is 3.92. The van der Waals surface area contributed by atoms with E-state index < -0.39 is 0 Å². The Morgan fingerprint density at radius 3 is 2.44 bits per heavy atom. The molecule has 0 radical (unpaired) electrons. The third kappa shape index (κ3) is 2.84. The van der Waals surface area contributed by atoms with Crippen LogP contribution in [0, 0.1) is 11.3 Å². The maximum absolute atomic E-state index is 9.23. The van der Waals surface area contributed by atoms with E-state index in [1.54, 1.807) is 0 Å². The smallest absolute Gasteiger partial charge is 0.0839 e. The van der Waals surface area contributed by atoms with Crippen LogP contribution < -0.4 is 0 Å². The summed E-state index contributed by atoms with van der Waals surface area (Å²) < 4.78 is 0. The number of rotatable bonds is 3. The Kier molecular flexibility index (Phi) is 3.96. The van der Waals surface area contributed by atoms with Crippen molar-refractivity contribution in [3.8, 4) is 6.07 Å². The SMILES string of the molecule is N#CC(CN1CCCCC1)c1ccccc1. The predicted molar refractivity (Wildman–Crippen MR) is 65.1 cm³/mol. The molecular formula is C14H18N2. The Bertz CT molecular complexity index is 347. The van der Waals surface area contributed by atoms with E-state index in [0.29, 0.717) is 0 Å². The van der Waals surface area contributed by atoms with Crippen LogP contribution in [-0.2, 0) is 0 Å². The van der Waals surface area contributed by atoms with Crippen LogP contribution in [0.3, 0.4) is 0 Å². The maximum Gasteiger partial charge on any atom is 0.0839 e. The number of hydrogen-bond donors (Lipinski definition) is 0. The minimum Gasteiger partial charge on any atom is -0.302 e. The minimum absolute atomic E-state index is 0.0271. The second kappa shape index (κ2) is 5.67. The lowest BCUT2D eigenvalue weighted by Gasteiger charge is -2.28.